The molecule has 1 amide bonds. The number of halogens is 1. The van der Waals surface area contributed by atoms with E-state index in [0.29, 0.717) is 16.6 Å². The number of nitrogens with zero attached hydrogens (tertiary/aromatic N) is 1. The number of rotatable bonds is 6. The number of anilines is 2. The highest BCUT2D eigenvalue weighted by atomic mass is 35.5. The van der Waals surface area contributed by atoms with Gasteiger partial charge in [0, 0.05) is 28.0 Å². The van der Waals surface area contributed by atoms with Gasteiger partial charge in [-0.25, -0.2) is 4.98 Å². The Morgan fingerprint density at radius 2 is 1.92 bits per heavy atom. The standard InChI is InChI=1S/C19H18ClN3OS/c1-2-13-5-3-4-6-17(13)23-18(24)14-7-9-15(10-8-14)21-11-16-12-22-19(20)25-16/h3-10,12,21H,2,11H2,1H3,(H,23,24). The highest BCUT2D eigenvalue weighted by molar-refractivity contribution is 7.15. The van der Waals surface area contributed by atoms with Crippen molar-refractivity contribution in [1.82, 2.24) is 4.98 Å². The Morgan fingerprint density at radius 1 is 1.16 bits per heavy atom. The molecule has 0 aliphatic heterocycles. The zero-order chi connectivity index (χ0) is 17.6. The minimum atomic E-state index is -0.110. The van der Waals surface area contributed by atoms with E-state index in [1.54, 1.807) is 6.20 Å². The van der Waals surface area contributed by atoms with Gasteiger partial charge >= 0.3 is 0 Å². The molecule has 0 aliphatic carbocycles. The van der Waals surface area contributed by atoms with Crippen LogP contribution in [0.2, 0.25) is 4.47 Å². The zero-order valence-corrected chi connectivity index (χ0v) is 15.3. The molecule has 0 bridgehead atoms. The summed E-state index contributed by atoms with van der Waals surface area (Å²) in [5.41, 5.74) is 3.55. The zero-order valence-electron chi connectivity index (χ0n) is 13.8. The van der Waals surface area contributed by atoms with Crippen molar-refractivity contribution < 1.29 is 4.79 Å². The molecule has 1 heterocycles. The molecule has 0 radical (unpaired) electrons. The number of benzene rings is 2. The van der Waals surface area contributed by atoms with Gasteiger partial charge in [-0.05, 0) is 42.3 Å². The topological polar surface area (TPSA) is 54.0 Å². The van der Waals surface area contributed by atoms with E-state index >= 15 is 0 Å². The van der Waals surface area contributed by atoms with E-state index in [2.05, 4.69) is 22.5 Å². The summed E-state index contributed by atoms with van der Waals surface area (Å²) in [6.45, 7) is 2.72. The molecule has 0 spiro atoms. The predicted octanol–water partition coefficient (Wildman–Crippen LogP) is 5.22. The van der Waals surface area contributed by atoms with Crippen molar-refractivity contribution in [3.8, 4) is 0 Å². The minimum absolute atomic E-state index is 0.110. The van der Waals surface area contributed by atoms with E-state index < -0.39 is 0 Å². The highest BCUT2D eigenvalue weighted by Crippen LogP contribution is 2.20. The smallest absolute Gasteiger partial charge is 0.255 e. The highest BCUT2D eigenvalue weighted by Gasteiger charge is 2.08. The molecule has 1 aromatic heterocycles. The molecule has 0 saturated heterocycles. The third-order valence-electron chi connectivity index (χ3n) is 3.79. The van der Waals surface area contributed by atoms with Gasteiger partial charge in [-0.2, -0.15) is 0 Å². The van der Waals surface area contributed by atoms with Gasteiger partial charge < -0.3 is 10.6 Å². The SMILES string of the molecule is CCc1ccccc1NC(=O)c1ccc(NCc2cnc(Cl)s2)cc1. The van der Waals surface area contributed by atoms with E-state index in [9.17, 15) is 4.79 Å². The maximum Gasteiger partial charge on any atom is 0.255 e. The predicted molar refractivity (Wildman–Crippen MR) is 105 cm³/mol. The quantitative estimate of drug-likeness (QED) is 0.624. The van der Waals surface area contributed by atoms with Crippen molar-refractivity contribution in [2.24, 2.45) is 0 Å². The van der Waals surface area contributed by atoms with Crippen LogP contribution in [0.3, 0.4) is 0 Å². The molecule has 0 unspecified atom stereocenters. The molecule has 4 nitrogen and oxygen atoms in total. The number of aromatic nitrogens is 1. The monoisotopic (exact) mass is 371 g/mol. The number of amides is 1. The Kier molecular flexibility index (Phi) is 5.68. The summed E-state index contributed by atoms with van der Waals surface area (Å²) in [6, 6.07) is 15.3. The van der Waals surface area contributed by atoms with Gasteiger partial charge in [0.15, 0.2) is 4.47 Å². The average Bonchev–Trinajstić information content (AvgIpc) is 3.06. The summed E-state index contributed by atoms with van der Waals surface area (Å²) in [7, 11) is 0. The Balaban J connectivity index is 1.62. The lowest BCUT2D eigenvalue weighted by molar-refractivity contribution is 0.102. The lowest BCUT2D eigenvalue weighted by Gasteiger charge is -2.10. The molecule has 25 heavy (non-hydrogen) atoms. The number of nitrogens with one attached hydrogen (secondary N) is 2. The fraction of sp³-hybridized carbons (Fsp3) is 0.158. The van der Waals surface area contributed by atoms with Crippen LogP contribution in [0, 0.1) is 0 Å². The molecule has 0 aliphatic rings. The van der Waals surface area contributed by atoms with Gasteiger partial charge in [0.05, 0.1) is 6.54 Å². The fourth-order valence-electron chi connectivity index (χ4n) is 2.44. The molecular formula is C19H18ClN3OS. The maximum atomic E-state index is 12.4. The summed E-state index contributed by atoms with van der Waals surface area (Å²) < 4.78 is 0.538. The van der Waals surface area contributed by atoms with E-state index in [1.807, 2.05) is 48.5 Å². The fourth-order valence-corrected chi connectivity index (χ4v) is 3.36. The summed E-state index contributed by atoms with van der Waals surface area (Å²) in [5.74, 6) is -0.110. The van der Waals surface area contributed by atoms with Crippen LogP contribution in [0.1, 0.15) is 27.7 Å². The van der Waals surface area contributed by atoms with Crippen LogP contribution >= 0.6 is 22.9 Å². The molecule has 3 rings (SSSR count). The number of carbonyl (C=O) groups is 1. The van der Waals surface area contributed by atoms with Crippen molar-refractivity contribution in [3.63, 3.8) is 0 Å². The first-order valence-corrected chi connectivity index (χ1v) is 9.18. The summed E-state index contributed by atoms with van der Waals surface area (Å²) in [6.07, 6.45) is 2.63. The van der Waals surface area contributed by atoms with Crippen LogP contribution in [-0.4, -0.2) is 10.9 Å². The van der Waals surface area contributed by atoms with Crippen molar-refractivity contribution in [1.29, 1.82) is 0 Å². The second-order valence-corrected chi connectivity index (χ2v) is 7.17. The van der Waals surface area contributed by atoms with Crippen molar-refractivity contribution >= 4 is 40.2 Å². The van der Waals surface area contributed by atoms with E-state index in [1.165, 1.54) is 11.3 Å². The Bertz CT molecular complexity index is 861. The molecule has 6 heteroatoms. The summed E-state index contributed by atoms with van der Waals surface area (Å²) >= 11 is 7.27. The summed E-state index contributed by atoms with van der Waals surface area (Å²) in [4.78, 5) is 17.5. The second kappa shape index (κ2) is 8.14. The third-order valence-corrected chi connectivity index (χ3v) is 4.90. The molecule has 0 fully saturated rings. The third kappa shape index (κ3) is 4.59. The number of thiazole rings is 1. The first-order valence-electron chi connectivity index (χ1n) is 7.99. The van der Waals surface area contributed by atoms with Gasteiger partial charge in [-0.15, -0.1) is 11.3 Å². The average molecular weight is 372 g/mol. The van der Waals surface area contributed by atoms with Gasteiger partial charge in [0.25, 0.3) is 5.91 Å². The van der Waals surface area contributed by atoms with Crippen LogP contribution < -0.4 is 10.6 Å². The molecular weight excluding hydrogens is 354 g/mol. The Hall–Kier alpha value is -2.37. The second-order valence-electron chi connectivity index (χ2n) is 5.48. The summed E-state index contributed by atoms with van der Waals surface area (Å²) in [5, 5.41) is 6.27. The van der Waals surface area contributed by atoms with Crippen LogP contribution in [0.4, 0.5) is 11.4 Å². The van der Waals surface area contributed by atoms with E-state index in [4.69, 9.17) is 11.6 Å². The first kappa shape index (κ1) is 17.5. The molecule has 0 atom stereocenters. The first-order chi connectivity index (χ1) is 12.2. The van der Waals surface area contributed by atoms with Gasteiger partial charge in [-0.3, -0.25) is 4.79 Å². The number of hydrogen-bond acceptors (Lipinski definition) is 4. The van der Waals surface area contributed by atoms with Crippen LogP contribution in [0.5, 0.6) is 0 Å². The number of para-hydroxylation sites is 1. The molecule has 2 N–H and O–H groups in total. The number of carbonyl (C=O) groups excluding carboxylic acids is 1. The van der Waals surface area contributed by atoms with Crippen LogP contribution in [-0.2, 0) is 13.0 Å². The molecule has 0 saturated carbocycles. The normalized spacial score (nSPS) is 10.5. The number of aryl methyl sites for hydroxylation is 1. The Labute approximate surface area is 155 Å². The van der Waals surface area contributed by atoms with E-state index in [0.717, 1.165) is 28.2 Å². The molecule has 2 aromatic carbocycles. The van der Waals surface area contributed by atoms with Crippen molar-refractivity contribution in [3.05, 3.63) is 75.2 Å². The lowest BCUT2D eigenvalue weighted by atomic mass is 10.1. The number of hydrogen-bond donors (Lipinski definition) is 2. The van der Waals surface area contributed by atoms with Crippen LogP contribution in [0.15, 0.2) is 54.7 Å². The lowest BCUT2D eigenvalue weighted by Crippen LogP contribution is -2.13. The molecule has 128 valence electrons. The molecule has 3 aromatic rings. The largest absolute Gasteiger partial charge is 0.380 e. The van der Waals surface area contributed by atoms with E-state index in [-0.39, 0.29) is 5.91 Å². The van der Waals surface area contributed by atoms with Gasteiger partial charge in [0.1, 0.15) is 0 Å². The van der Waals surface area contributed by atoms with Crippen LogP contribution in [0.25, 0.3) is 0 Å². The van der Waals surface area contributed by atoms with Crippen molar-refractivity contribution in [2.45, 2.75) is 19.9 Å². The van der Waals surface area contributed by atoms with Gasteiger partial charge in [0.2, 0.25) is 0 Å². The maximum absolute atomic E-state index is 12.4. The van der Waals surface area contributed by atoms with Crippen molar-refractivity contribution in [2.75, 3.05) is 10.6 Å². The van der Waals surface area contributed by atoms with Gasteiger partial charge in [-0.1, -0.05) is 36.7 Å². The Morgan fingerprint density at radius 3 is 2.60 bits per heavy atom. The minimum Gasteiger partial charge on any atom is -0.380 e.